The van der Waals surface area contributed by atoms with E-state index in [1.807, 2.05) is 37.3 Å². The van der Waals surface area contributed by atoms with E-state index in [0.717, 1.165) is 16.9 Å². The van der Waals surface area contributed by atoms with Crippen molar-refractivity contribution in [3.63, 3.8) is 0 Å². The van der Waals surface area contributed by atoms with Gasteiger partial charge in [-0.05, 0) is 48.9 Å². The fourth-order valence-corrected chi connectivity index (χ4v) is 2.77. The number of aromatic nitrogens is 1. The lowest BCUT2D eigenvalue weighted by atomic mass is 10.2. The number of nitrogens with one attached hydrogen (secondary N) is 1. The third-order valence-corrected chi connectivity index (χ3v) is 4.37. The molecule has 0 spiro atoms. The van der Waals surface area contributed by atoms with Gasteiger partial charge in [0.2, 0.25) is 11.6 Å². The number of hydrogen-bond acceptors (Lipinski definition) is 6. The van der Waals surface area contributed by atoms with E-state index in [9.17, 15) is 9.65 Å². The highest BCUT2D eigenvalue weighted by Crippen LogP contribution is 2.28. The van der Waals surface area contributed by atoms with E-state index in [2.05, 4.69) is 10.3 Å². The Kier molecular flexibility index (Phi) is 5.48. The molecule has 0 aliphatic heterocycles. The Labute approximate surface area is 172 Å². The molecule has 1 N–H and O–H groups in total. The van der Waals surface area contributed by atoms with Gasteiger partial charge in [-0.3, -0.25) is 0 Å². The summed E-state index contributed by atoms with van der Waals surface area (Å²) in [7, 11) is 0. The number of ether oxygens (including phenoxy) is 1. The van der Waals surface area contributed by atoms with Crippen LogP contribution in [0.2, 0.25) is 0 Å². The molecule has 4 aromatic rings. The molecule has 0 saturated heterocycles. The average Bonchev–Trinajstić information content (AvgIpc) is 3.40. The Morgan fingerprint density at radius 3 is 2.53 bits per heavy atom. The first-order chi connectivity index (χ1) is 14.6. The summed E-state index contributed by atoms with van der Waals surface area (Å²) in [6, 6.07) is 19.3. The second-order valence-corrected chi connectivity index (χ2v) is 6.66. The van der Waals surface area contributed by atoms with Gasteiger partial charge in [0.1, 0.15) is 30.0 Å². The summed E-state index contributed by atoms with van der Waals surface area (Å²) in [6.45, 7) is 2.62. The molecule has 4 rings (SSSR count). The SMILES string of the molecule is Cc1ccc(OCc2ccc(-c3nc(C#N)c(NCc4ccc(F)cc4)o3)o2)cc1. The molecule has 0 aliphatic rings. The number of hydrogen-bond donors (Lipinski definition) is 1. The molecule has 0 aliphatic carbocycles. The second kappa shape index (κ2) is 8.53. The van der Waals surface area contributed by atoms with Crippen LogP contribution in [-0.4, -0.2) is 4.98 Å². The minimum absolute atomic E-state index is 0.112. The average molecular weight is 403 g/mol. The molecular formula is C23H18FN3O3. The van der Waals surface area contributed by atoms with Gasteiger partial charge in [0.05, 0.1) is 0 Å². The number of oxazole rings is 1. The predicted octanol–water partition coefficient (Wildman–Crippen LogP) is 5.44. The molecule has 0 radical (unpaired) electrons. The normalized spacial score (nSPS) is 10.6. The van der Waals surface area contributed by atoms with Crippen LogP contribution in [0.5, 0.6) is 5.75 Å². The summed E-state index contributed by atoms with van der Waals surface area (Å²) in [5.74, 6) is 1.85. The van der Waals surface area contributed by atoms with Crippen LogP contribution >= 0.6 is 0 Å². The van der Waals surface area contributed by atoms with Crippen molar-refractivity contribution < 1.29 is 18.0 Å². The summed E-state index contributed by atoms with van der Waals surface area (Å²) in [5.41, 5.74) is 2.11. The maximum Gasteiger partial charge on any atom is 0.266 e. The van der Waals surface area contributed by atoms with Crippen LogP contribution in [-0.2, 0) is 13.2 Å². The molecule has 0 fully saturated rings. The summed E-state index contributed by atoms with van der Waals surface area (Å²) in [4.78, 5) is 4.18. The first-order valence-electron chi connectivity index (χ1n) is 9.28. The Balaban J connectivity index is 1.43. The molecule has 0 saturated carbocycles. The van der Waals surface area contributed by atoms with Crippen molar-refractivity contribution in [3.05, 3.63) is 89.1 Å². The maximum absolute atomic E-state index is 13.0. The van der Waals surface area contributed by atoms with E-state index in [1.165, 1.54) is 12.1 Å². The van der Waals surface area contributed by atoms with E-state index < -0.39 is 0 Å². The summed E-state index contributed by atoms with van der Waals surface area (Å²) >= 11 is 0. The number of benzene rings is 2. The van der Waals surface area contributed by atoms with Gasteiger partial charge in [0, 0.05) is 6.54 Å². The van der Waals surface area contributed by atoms with E-state index in [0.29, 0.717) is 18.1 Å². The highest BCUT2D eigenvalue weighted by atomic mass is 19.1. The minimum atomic E-state index is -0.307. The van der Waals surface area contributed by atoms with Crippen LogP contribution < -0.4 is 10.1 Å². The number of nitriles is 1. The Morgan fingerprint density at radius 2 is 1.80 bits per heavy atom. The lowest BCUT2D eigenvalue weighted by Crippen LogP contribution is -1.99. The number of furan rings is 1. The van der Waals surface area contributed by atoms with Gasteiger partial charge in [-0.2, -0.15) is 10.2 Å². The van der Waals surface area contributed by atoms with Crippen LogP contribution in [0.4, 0.5) is 10.3 Å². The van der Waals surface area contributed by atoms with Crippen LogP contribution in [0.25, 0.3) is 11.7 Å². The molecule has 0 unspecified atom stereocenters. The smallest absolute Gasteiger partial charge is 0.266 e. The van der Waals surface area contributed by atoms with Crippen LogP contribution in [0.15, 0.2) is 69.5 Å². The fraction of sp³-hybridized carbons (Fsp3) is 0.130. The third-order valence-electron chi connectivity index (χ3n) is 4.37. The molecule has 7 heteroatoms. The zero-order chi connectivity index (χ0) is 20.9. The largest absolute Gasteiger partial charge is 0.486 e. The minimum Gasteiger partial charge on any atom is -0.486 e. The third kappa shape index (κ3) is 4.50. The van der Waals surface area contributed by atoms with E-state index in [-0.39, 0.29) is 29.9 Å². The molecule has 0 amide bonds. The maximum atomic E-state index is 13.0. The van der Waals surface area contributed by atoms with Gasteiger partial charge in [0.15, 0.2) is 5.76 Å². The first kappa shape index (κ1) is 19.3. The van der Waals surface area contributed by atoms with Gasteiger partial charge >= 0.3 is 0 Å². The van der Waals surface area contributed by atoms with Gasteiger partial charge in [-0.25, -0.2) is 4.39 Å². The molecule has 2 aromatic carbocycles. The highest BCUT2D eigenvalue weighted by Gasteiger charge is 2.17. The van der Waals surface area contributed by atoms with E-state index in [4.69, 9.17) is 13.6 Å². The van der Waals surface area contributed by atoms with Crippen molar-refractivity contribution in [2.75, 3.05) is 5.32 Å². The Hall–Kier alpha value is -4.05. The zero-order valence-electron chi connectivity index (χ0n) is 16.2. The van der Waals surface area contributed by atoms with Gasteiger partial charge in [0.25, 0.3) is 5.89 Å². The molecule has 2 heterocycles. The number of rotatable bonds is 7. The van der Waals surface area contributed by atoms with E-state index in [1.54, 1.807) is 24.3 Å². The lowest BCUT2D eigenvalue weighted by molar-refractivity contribution is 0.271. The van der Waals surface area contributed by atoms with Gasteiger partial charge in [-0.15, -0.1) is 0 Å². The standard InChI is InChI=1S/C23H18FN3O3/c1-15-2-8-18(9-3-15)28-14-19-10-11-21(29-19)23-27-20(12-25)22(30-23)26-13-16-4-6-17(24)7-5-16/h2-11,26H,13-14H2,1H3. The molecule has 2 aromatic heterocycles. The van der Waals surface area contributed by atoms with Crippen LogP contribution in [0.1, 0.15) is 22.6 Å². The number of halogens is 1. The molecule has 30 heavy (non-hydrogen) atoms. The predicted molar refractivity (Wildman–Crippen MR) is 108 cm³/mol. The van der Waals surface area contributed by atoms with Gasteiger partial charge < -0.3 is 18.9 Å². The lowest BCUT2D eigenvalue weighted by Gasteiger charge is -2.04. The summed E-state index contributed by atoms with van der Waals surface area (Å²) in [6.07, 6.45) is 0. The van der Waals surface area contributed by atoms with Crippen molar-refractivity contribution in [1.82, 2.24) is 4.98 Å². The van der Waals surface area contributed by atoms with Crippen LogP contribution in [0, 0.1) is 24.1 Å². The molecule has 6 nitrogen and oxygen atoms in total. The van der Waals surface area contributed by atoms with Crippen molar-refractivity contribution in [2.24, 2.45) is 0 Å². The van der Waals surface area contributed by atoms with Crippen molar-refractivity contribution in [1.29, 1.82) is 5.26 Å². The van der Waals surface area contributed by atoms with Crippen molar-refractivity contribution in [3.8, 4) is 23.5 Å². The van der Waals surface area contributed by atoms with Crippen molar-refractivity contribution >= 4 is 5.88 Å². The monoisotopic (exact) mass is 403 g/mol. The number of aryl methyl sites for hydroxylation is 1. The molecular weight excluding hydrogens is 385 g/mol. The quantitative estimate of drug-likeness (QED) is 0.442. The molecule has 0 atom stereocenters. The Morgan fingerprint density at radius 1 is 1.03 bits per heavy atom. The first-order valence-corrected chi connectivity index (χ1v) is 9.28. The summed E-state index contributed by atoms with van der Waals surface area (Å²) < 4.78 is 30.1. The van der Waals surface area contributed by atoms with Crippen LogP contribution in [0.3, 0.4) is 0 Å². The van der Waals surface area contributed by atoms with E-state index >= 15 is 0 Å². The number of nitrogens with zero attached hydrogens (tertiary/aromatic N) is 2. The fourth-order valence-electron chi connectivity index (χ4n) is 2.77. The Bertz CT molecular complexity index is 1170. The van der Waals surface area contributed by atoms with Crippen molar-refractivity contribution in [2.45, 2.75) is 20.1 Å². The number of anilines is 1. The summed E-state index contributed by atoms with van der Waals surface area (Å²) in [5, 5.41) is 12.3. The second-order valence-electron chi connectivity index (χ2n) is 6.66. The van der Waals surface area contributed by atoms with Gasteiger partial charge in [-0.1, -0.05) is 29.8 Å². The topological polar surface area (TPSA) is 84.2 Å². The zero-order valence-corrected chi connectivity index (χ0v) is 16.2. The molecule has 0 bridgehead atoms. The highest BCUT2D eigenvalue weighted by molar-refractivity contribution is 5.54. The molecule has 150 valence electrons.